The molecule has 1 saturated heterocycles. The number of Topliss-reactive ketones (excluding diaryl/α,β-unsaturated/α-hetero) is 1. The molecule has 0 spiro atoms. The molecule has 3 aromatic carbocycles. The first-order valence-corrected chi connectivity index (χ1v) is 15.2. The highest BCUT2D eigenvalue weighted by Gasteiger charge is 2.27. The normalized spacial score (nSPS) is 15.1. The van der Waals surface area contributed by atoms with Crippen molar-refractivity contribution in [2.45, 2.75) is 76.8 Å². The summed E-state index contributed by atoms with van der Waals surface area (Å²) in [5, 5.41) is 5.74. The first-order chi connectivity index (χ1) is 20.1. The Bertz CT molecular complexity index is 1420. The van der Waals surface area contributed by atoms with Gasteiger partial charge in [-0.05, 0) is 48.1 Å². The zero-order valence-corrected chi connectivity index (χ0v) is 24.1. The number of likely N-dealkylation sites (tertiary alicyclic amines) is 1. The van der Waals surface area contributed by atoms with Gasteiger partial charge in [-0.3, -0.25) is 14.5 Å². The number of unbranched alkanes of at least 4 members (excludes halogenated alkanes) is 2. The minimum Gasteiger partial charge on any atom is -0.353 e. The smallest absolute Gasteiger partial charge is 0.230 e. The van der Waals surface area contributed by atoms with Crippen LogP contribution in [-0.4, -0.2) is 45.7 Å². The summed E-state index contributed by atoms with van der Waals surface area (Å²) in [7, 11) is 0. The fourth-order valence-corrected chi connectivity index (χ4v) is 5.81. The molecule has 6 nitrogen and oxygen atoms in total. The molecule has 0 radical (unpaired) electrons. The molecule has 1 aromatic heterocycles. The van der Waals surface area contributed by atoms with Gasteiger partial charge in [-0.15, -0.1) is 0 Å². The van der Waals surface area contributed by atoms with E-state index >= 15 is 0 Å². The quantitative estimate of drug-likeness (QED) is 0.175. The number of aromatic amines is 1. The monoisotopic (exact) mass is 550 g/mol. The van der Waals surface area contributed by atoms with Crippen LogP contribution in [0.15, 0.2) is 79.0 Å². The number of carbonyl (C=O) groups is 2. The number of fused-ring (bicyclic) bond motifs is 1. The minimum absolute atomic E-state index is 0.0514. The fourth-order valence-electron chi connectivity index (χ4n) is 5.81. The van der Waals surface area contributed by atoms with Gasteiger partial charge in [0, 0.05) is 44.1 Å². The zero-order chi connectivity index (χ0) is 28.4. The van der Waals surface area contributed by atoms with Crippen LogP contribution in [0.5, 0.6) is 0 Å². The molecule has 1 unspecified atom stereocenters. The van der Waals surface area contributed by atoms with Crippen molar-refractivity contribution in [3.8, 4) is 11.3 Å². The number of amides is 1. The number of benzene rings is 3. The molecule has 0 bridgehead atoms. The number of H-pyrrole nitrogens is 1. The van der Waals surface area contributed by atoms with Crippen LogP contribution in [0.3, 0.4) is 0 Å². The van der Waals surface area contributed by atoms with E-state index in [4.69, 9.17) is 4.98 Å². The lowest BCUT2D eigenvalue weighted by atomic mass is 9.96. The molecule has 5 rings (SSSR count). The van der Waals surface area contributed by atoms with Crippen LogP contribution in [0.4, 0.5) is 0 Å². The summed E-state index contributed by atoms with van der Waals surface area (Å²) in [4.78, 5) is 36.1. The number of nitrogens with one attached hydrogen (secondary N) is 2. The molecule has 1 fully saturated rings. The Kier molecular flexibility index (Phi) is 9.97. The lowest BCUT2D eigenvalue weighted by Gasteiger charge is -2.33. The van der Waals surface area contributed by atoms with Crippen LogP contribution < -0.4 is 5.32 Å². The van der Waals surface area contributed by atoms with E-state index in [1.54, 1.807) is 0 Å². The van der Waals surface area contributed by atoms with Gasteiger partial charge < -0.3 is 10.3 Å². The number of hydrogen-bond acceptors (Lipinski definition) is 4. The Labute approximate surface area is 243 Å². The maximum Gasteiger partial charge on any atom is 0.230 e. The molecule has 1 atom stereocenters. The molecule has 6 heteroatoms. The molecule has 1 amide bonds. The fraction of sp³-hybridized carbons (Fsp3) is 0.400. The first kappa shape index (κ1) is 28.7. The third kappa shape index (κ3) is 7.92. The van der Waals surface area contributed by atoms with Crippen molar-refractivity contribution in [1.82, 2.24) is 20.2 Å². The van der Waals surface area contributed by atoms with Crippen molar-refractivity contribution in [2.24, 2.45) is 0 Å². The summed E-state index contributed by atoms with van der Waals surface area (Å²) in [5.41, 5.74) is 3.31. The summed E-state index contributed by atoms with van der Waals surface area (Å²) in [6, 6.07) is 25.4. The summed E-state index contributed by atoms with van der Waals surface area (Å²) < 4.78 is 0. The lowest BCUT2D eigenvalue weighted by Crippen LogP contribution is -2.45. The van der Waals surface area contributed by atoms with Gasteiger partial charge in [-0.1, -0.05) is 86.5 Å². The van der Waals surface area contributed by atoms with Gasteiger partial charge in [-0.2, -0.15) is 0 Å². The number of piperidine rings is 1. The van der Waals surface area contributed by atoms with Crippen molar-refractivity contribution in [3.05, 3.63) is 90.4 Å². The van der Waals surface area contributed by atoms with E-state index in [0.717, 1.165) is 68.8 Å². The molecule has 1 aliphatic heterocycles. The Balaban J connectivity index is 1.23. The standard InChI is InChI=1S/C35H42N4O2/c1-2-31(40)15-7-4-8-16-32(34-36-24-33(38-34)29-18-17-27-13-9-10-14-28(27)23-29)35(41)37-30-19-21-39(22-20-30)25-26-11-5-3-6-12-26/h3,5-6,9-14,17-18,23-24,30,32H,2,4,7-8,15-16,19-22,25H2,1H3,(H,36,38)(H,37,41). The predicted octanol–water partition coefficient (Wildman–Crippen LogP) is 7.02. The van der Waals surface area contributed by atoms with Crippen LogP contribution in [0.2, 0.25) is 0 Å². The molecule has 41 heavy (non-hydrogen) atoms. The van der Waals surface area contributed by atoms with E-state index in [0.29, 0.717) is 25.0 Å². The largest absolute Gasteiger partial charge is 0.353 e. The van der Waals surface area contributed by atoms with Crippen molar-refractivity contribution >= 4 is 22.5 Å². The Morgan fingerprint density at radius 1 is 0.951 bits per heavy atom. The van der Waals surface area contributed by atoms with Crippen LogP contribution in [0.1, 0.15) is 75.6 Å². The highest BCUT2D eigenvalue weighted by Crippen LogP contribution is 2.27. The molecular formula is C35H42N4O2. The Hall–Kier alpha value is -3.77. The number of ketones is 1. The molecular weight excluding hydrogens is 508 g/mol. The topological polar surface area (TPSA) is 78.1 Å². The van der Waals surface area contributed by atoms with Crippen molar-refractivity contribution < 1.29 is 9.59 Å². The molecule has 4 aromatic rings. The number of nitrogens with zero attached hydrogens (tertiary/aromatic N) is 2. The second kappa shape index (κ2) is 14.2. The second-order valence-electron chi connectivity index (χ2n) is 11.3. The van der Waals surface area contributed by atoms with Crippen molar-refractivity contribution in [1.29, 1.82) is 0 Å². The highest BCUT2D eigenvalue weighted by molar-refractivity contribution is 5.87. The second-order valence-corrected chi connectivity index (χ2v) is 11.3. The van der Waals surface area contributed by atoms with Crippen LogP contribution in [0.25, 0.3) is 22.0 Å². The van der Waals surface area contributed by atoms with E-state index in [9.17, 15) is 9.59 Å². The van der Waals surface area contributed by atoms with Gasteiger partial charge in [0.25, 0.3) is 0 Å². The third-order valence-corrected chi connectivity index (χ3v) is 8.33. The molecule has 0 saturated carbocycles. The van der Waals surface area contributed by atoms with Gasteiger partial charge >= 0.3 is 0 Å². The van der Waals surface area contributed by atoms with Gasteiger partial charge in [-0.25, -0.2) is 4.98 Å². The number of rotatable bonds is 13. The third-order valence-electron chi connectivity index (χ3n) is 8.33. The maximum absolute atomic E-state index is 13.7. The highest BCUT2D eigenvalue weighted by atomic mass is 16.2. The summed E-state index contributed by atoms with van der Waals surface area (Å²) >= 11 is 0. The van der Waals surface area contributed by atoms with Crippen LogP contribution in [0, 0.1) is 0 Å². The molecule has 214 valence electrons. The van der Waals surface area contributed by atoms with E-state index in [-0.39, 0.29) is 17.9 Å². The Morgan fingerprint density at radius 3 is 2.49 bits per heavy atom. The zero-order valence-electron chi connectivity index (χ0n) is 24.1. The molecule has 2 N–H and O–H groups in total. The first-order valence-electron chi connectivity index (χ1n) is 15.2. The number of imidazole rings is 1. The van der Waals surface area contributed by atoms with Crippen molar-refractivity contribution in [2.75, 3.05) is 13.1 Å². The Morgan fingerprint density at radius 2 is 1.71 bits per heavy atom. The van der Waals surface area contributed by atoms with E-state index < -0.39 is 0 Å². The minimum atomic E-state index is -0.339. The molecule has 0 aliphatic carbocycles. The van der Waals surface area contributed by atoms with E-state index in [1.807, 2.05) is 25.3 Å². The summed E-state index contributed by atoms with van der Waals surface area (Å²) in [6.45, 7) is 4.82. The summed E-state index contributed by atoms with van der Waals surface area (Å²) in [5.74, 6) is 0.741. The molecule has 2 heterocycles. The van der Waals surface area contributed by atoms with Crippen molar-refractivity contribution in [3.63, 3.8) is 0 Å². The SMILES string of the molecule is CCC(=O)CCCCCC(C(=O)NC1CCN(Cc2ccccc2)CC1)c1ncc(-c2ccc3ccccc3c2)[nH]1. The van der Waals surface area contributed by atoms with E-state index in [2.05, 4.69) is 75.9 Å². The van der Waals surface area contributed by atoms with Gasteiger partial charge in [0.1, 0.15) is 11.6 Å². The maximum atomic E-state index is 13.7. The average Bonchev–Trinajstić information content (AvgIpc) is 3.50. The number of aromatic nitrogens is 2. The van der Waals surface area contributed by atoms with E-state index in [1.165, 1.54) is 16.3 Å². The average molecular weight is 551 g/mol. The van der Waals surface area contributed by atoms with Gasteiger partial charge in [0.05, 0.1) is 17.8 Å². The summed E-state index contributed by atoms with van der Waals surface area (Å²) in [6.07, 6.45) is 8.38. The predicted molar refractivity (Wildman–Crippen MR) is 166 cm³/mol. The van der Waals surface area contributed by atoms with Crippen LogP contribution in [-0.2, 0) is 16.1 Å². The van der Waals surface area contributed by atoms with Crippen LogP contribution >= 0.6 is 0 Å². The molecule has 1 aliphatic rings. The van der Waals surface area contributed by atoms with Gasteiger partial charge in [0.15, 0.2) is 0 Å². The number of hydrogen-bond donors (Lipinski definition) is 2. The van der Waals surface area contributed by atoms with Gasteiger partial charge in [0.2, 0.25) is 5.91 Å². The number of carbonyl (C=O) groups excluding carboxylic acids is 2. The lowest BCUT2D eigenvalue weighted by molar-refractivity contribution is -0.124.